The predicted octanol–water partition coefficient (Wildman–Crippen LogP) is 0.261. The molecule has 0 unspecified atom stereocenters. The predicted molar refractivity (Wildman–Crippen MR) is 40.9 cm³/mol. The molecule has 11 heavy (non-hydrogen) atoms. The number of nitrogens with two attached hydrogens (primary N) is 1. The van der Waals surface area contributed by atoms with Crippen LogP contribution in [0.4, 0.5) is 0 Å². The fraction of sp³-hybridized carbons (Fsp3) is 0.857. The van der Waals surface area contributed by atoms with Gasteiger partial charge in [0.15, 0.2) is 0 Å². The highest BCUT2D eigenvalue weighted by Crippen LogP contribution is 2.10. The van der Waals surface area contributed by atoms with Crippen LogP contribution in [-0.2, 0) is 14.3 Å². The van der Waals surface area contributed by atoms with Crippen molar-refractivity contribution < 1.29 is 14.3 Å². The molecule has 0 aliphatic rings. The average molecular weight is 161 g/mol. The second kappa shape index (κ2) is 4.31. The summed E-state index contributed by atoms with van der Waals surface area (Å²) in [6.07, 6.45) is 0. The number of rotatable bonds is 5. The number of hydrogen-bond acceptors (Lipinski definition) is 3. The first kappa shape index (κ1) is 10.4. The van der Waals surface area contributed by atoms with Gasteiger partial charge in [0.1, 0.15) is 0 Å². The van der Waals surface area contributed by atoms with Crippen LogP contribution in [0.1, 0.15) is 20.8 Å². The summed E-state index contributed by atoms with van der Waals surface area (Å²) < 4.78 is 10.1. The van der Waals surface area contributed by atoms with Crippen LogP contribution in [0.5, 0.6) is 0 Å². The fourth-order valence-corrected chi connectivity index (χ4v) is 0.735. The fourth-order valence-electron chi connectivity index (χ4n) is 0.735. The summed E-state index contributed by atoms with van der Waals surface area (Å²) in [7, 11) is 0. The molecule has 0 heterocycles. The van der Waals surface area contributed by atoms with Crippen molar-refractivity contribution in [3.05, 3.63) is 0 Å². The molecule has 0 spiro atoms. The van der Waals surface area contributed by atoms with Gasteiger partial charge >= 0.3 is 0 Å². The molecule has 2 N–H and O–H groups in total. The van der Waals surface area contributed by atoms with Gasteiger partial charge in [0, 0.05) is 13.2 Å². The van der Waals surface area contributed by atoms with E-state index in [0.717, 1.165) is 0 Å². The summed E-state index contributed by atoms with van der Waals surface area (Å²) >= 11 is 0. The molecule has 0 saturated carbocycles. The quantitative estimate of drug-likeness (QED) is 0.588. The van der Waals surface area contributed by atoms with E-state index < -0.39 is 11.7 Å². The molecule has 0 bridgehead atoms. The SMILES string of the molecule is CCOC(C)(OCC)C(N)=O. The molecule has 0 rings (SSSR count). The van der Waals surface area contributed by atoms with Crippen molar-refractivity contribution in [1.82, 2.24) is 0 Å². The highest BCUT2D eigenvalue weighted by Gasteiger charge is 2.31. The van der Waals surface area contributed by atoms with Crippen LogP contribution in [0.3, 0.4) is 0 Å². The van der Waals surface area contributed by atoms with Gasteiger partial charge in [-0.2, -0.15) is 0 Å². The van der Waals surface area contributed by atoms with Crippen molar-refractivity contribution in [2.45, 2.75) is 26.6 Å². The topological polar surface area (TPSA) is 61.6 Å². The third-order valence-electron chi connectivity index (χ3n) is 1.29. The Labute approximate surface area is 66.7 Å². The zero-order valence-electron chi connectivity index (χ0n) is 7.22. The third kappa shape index (κ3) is 2.86. The lowest BCUT2D eigenvalue weighted by atomic mass is 10.3. The molecule has 0 aliphatic carbocycles. The van der Waals surface area contributed by atoms with Gasteiger partial charge in [-0.3, -0.25) is 4.79 Å². The highest BCUT2D eigenvalue weighted by molar-refractivity contribution is 5.81. The van der Waals surface area contributed by atoms with E-state index in [0.29, 0.717) is 13.2 Å². The minimum Gasteiger partial charge on any atom is -0.365 e. The Bertz CT molecular complexity index is 130. The molecule has 0 aromatic rings. The molecule has 0 saturated heterocycles. The largest absolute Gasteiger partial charge is 0.365 e. The van der Waals surface area contributed by atoms with Gasteiger partial charge in [0.05, 0.1) is 0 Å². The number of ether oxygens (including phenoxy) is 2. The zero-order chi connectivity index (χ0) is 8.91. The summed E-state index contributed by atoms with van der Waals surface area (Å²) in [6, 6.07) is 0. The van der Waals surface area contributed by atoms with Crippen LogP contribution in [0.25, 0.3) is 0 Å². The van der Waals surface area contributed by atoms with E-state index in [2.05, 4.69) is 0 Å². The van der Waals surface area contributed by atoms with Crippen LogP contribution in [0.2, 0.25) is 0 Å². The summed E-state index contributed by atoms with van der Waals surface area (Å²) in [5.41, 5.74) is 5.05. The third-order valence-corrected chi connectivity index (χ3v) is 1.29. The second-order valence-corrected chi connectivity index (χ2v) is 2.18. The van der Waals surface area contributed by atoms with Crippen molar-refractivity contribution in [3.8, 4) is 0 Å². The van der Waals surface area contributed by atoms with E-state index in [1.165, 1.54) is 6.92 Å². The van der Waals surface area contributed by atoms with Gasteiger partial charge in [0.2, 0.25) is 5.79 Å². The molecular formula is C7H15NO3. The van der Waals surface area contributed by atoms with Gasteiger partial charge < -0.3 is 15.2 Å². The minimum atomic E-state index is -1.26. The van der Waals surface area contributed by atoms with Gasteiger partial charge in [0.25, 0.3) is 5.91 Å². The zero-order valence-corrected chi connectivity index (χ0v) is 7.22. The number of amides is 1. The monoisotopic (exact) mass is 161 g/mol. The maximum atomic E-state index is 10.8. The lowest BCUT2D eigenvalue weighted by molar-refractivity contribution is -0.216. The molecule has 1 amide bonds. The van der Waals surface area contributed by atoms with Crippen molar-refractivity contribution in [2.24, 2.45) is 5.73 Å². The van der Waals surface area contributed by atoms with Crippen LogP contribution < -0.4 is 5.73 Å². The van der Waals surface area contributed by atoms with Crippen LogP contribution >= 0.6 is 0 Å². The highest BCUT2D eigenvalue weighted by atomic mass is 16.7. The first-order chi connectivity index (χ1) is 5.06. The Balaban J connectivity index is 4.13. The first-order valence-corrected chi connectivity index (χ1v) is 3.64. The molecular weight excluding hydrogens is 146 g/mol. The van der Waals surface area contributed by atoms with E-state index in [4.69, 9.17) is 15.2 Å². The van der Waals surface area contributed by atoms with Gasteiger partial charge in [-0.1, -0.05) is 0 Å². The molecule has 0 aromatic heterocycles. The van der Waals surface area contributed by atoms with E-state index in [1.807, 2.05) is 0 Å². The molecule has 0 atom stereocenters. The van der Waals surface area contributed by atoms with Crippen LogP contribution in [0, 0.1) is 0 Å². The summed E-state index contributed by atoms with van der Waals surface area (Å²) in [6.45, 7) is 5.88. The Hall–Kier alpha value is -0.610. The Morgan fingerprint density at radius 3 is 1.91 bits per heavy atom. The van der Waals surface area contributed by atoms with Gasteiger partial charge in [-0.05, 0) is 20.8 Å². The van der Waals surface area contributed by atoms with E-state index in [1.54, 1.807) is 13.8 Å². The number of primary amides is 1. The molecule has 4 heteroatoms. The molecule has 0 radical (unpaired) electrons. The first-order valence-electron chi connectivity index (χ1n) is 3.64. The smallest absolute Gasteiger partial charge is 0.277 e. The van der Waals surface area contributed by atoms with Crippen molar-refractivity contribution in [2.75, 3.05) is 13.2 Å². The summed E-state index contributed by atoms with van der Waals surface area (Å²) in [4.78, 5) is 10.8. The number of carbonyl (C=O) groups excluding carboxylic acids is 1. The van der Waals surface area contributed by atoms with Crippen molar-refractivity contribution in [3.63, 3.8) is 0 Å². The summed E-state index contributed by atoms with van der Waals surface area (Å²) in [5, 5.41) is 0. The maximum absolute atomic E-state index is 10.8. The molecule has 66 valence electrons. The second-order valence-electron chi connectivity index (χ2n) is 2.18. The Morgan fingerprint density at radius 1 is 1.36 bits per heavy atom. The lowest BCUT2D eigenvalue weighted by Gasteiger charge is -2.24. The van der Waals surface area contributed by atoms with E-state index in [-0.39, 0.29) is 0 Å². The Kier molecular flexibility index (Phi) is 4.07. The van der Waals surface area contributed by atoms with E-state index in [9.17, 15) is 4.79 Å². The normalized spacial score (nSPS) is 11.5. The van der Waals surface area contributed by atoms with Gasteiger partial charge in [-0.25, -0.2) is 0 Å². The standard InChI is InChI=1S/C7H15NO3/c1-4-10-7(3,6(8)9)11-5-2/h4-5H2,1-3H3,(H2,8,9). The number of carbonyl (C=O) groups is 1. The Morgan fingerprint density at radius 2 is 1.73 bits per heavy atom. The maximum Gasteiger partial charge on any atom is 0.277 e. The van der Waals surface area contributed by atoms with Gasteiger partial charge in [-0.15, -0.1) is 0 Å². The molecule has 4 nitrogen and oxygen atoms in total. The van der Waals surface area contributed by atoms with Crippen molar-refractivity contribution >= 4 is 5.91 Å². The van der Waals surface area contributed by atoms with E-state index >= 15 is 0 Å². The minimum absolute atomic E-state index is 0.402. The van der Waals surface area contributed by atoms with Crippen molar-refractivity contribution in [1.29, 1.82) is 0 Å². The lowest BCUT2D eigenvalue weighted by Crippen LogP contribution is -2.46. The average Bonchev–Trinajstić information content (AvgIpc) is 1.88. The van der Waals surface area contributed by atoms with Crippen LogP contribution in [0.15, 0.2) is 0 Å². The molecule has 0 fully saturated rings. The number of hydrogen-bond donors (Lipinski definition) is 1. The molecule has 0 aliphatic heterocycles. The summed E-state index contributed by atoms with van der Waals surface area (Å²) in [5.74, 6) is -1.86. The van der Waals surface area contributed by atoms with Crippen LogP contribution in [-0.4, -0.2) is 24.9 Å². The molecule has 0 aromatic carbocycles.